The van der Waals surface area contributed by atoms with Gasteiger partial charge >= 0.3 is 5.97 Å². The summed E-state index contributed by atoms with van der Waals surface area (Å²) in [6.07, 6.45) is 1.70. The van der Waals surface area contributed by atoms with Crippen LogP contribution in [0.25, 0.3) is 0 Å². The Bertz CT molecular complexity index is 417. The van der Waals surface area contributed by atoms with Crippen LogP contribution in [0.4, 0.5) is 8.78 Å². The van der Waals surface area contributed by atoms with Crippen LogP contribution in [-0.2, 0) is 9.59 Å². The fourth-order valence-corrected chi connectivity index (χ4v) is 3.57. The minimum atomic E-state index is -2.64. The highest BCUT2D eigenvalue weighted by atomic mass is 19.3. The normalized spacial score (nSPS) is 29.6. The van der Waals surface area contributed by atoms with E-state index in [-0.39, 0.29) is 44.1 Å². The molecule has 2 fully saturated rings. The van der Waals surface area contributed by atoms with Gasteiger partial charge in [-0.05, 0) is 25.7 Å². The largest absolute Gasteiger partial charge is 0.481 e. The maximum atomic E-state index is 13.1. The Morgan fingerprint density at radius 2 is 1.86 bits per heavy atom. The number of likely N-dealkylation sites (tertiary alicyclic amines) is 1. The third-order valence-corrected chi connectivity index (χ3v) is 4.91. The number of rotatable bonds is 4. The van der Waals surface area contributed by atoms with Crippen LogP contribution in [-0.4, -0.2) is 40.9 Å². The number of aliphatic carboxylic acids is 1. The molecule has 0 spiro atoms. The van der Waals surface area contributed by atoms with Crippen LogP contribution < -0.4 is 0 Å². The third-order valence-electron chi connectivity index (χ3n) is 4.91. The number of hydrogen-bond donors (Lipinski definition) is 1. The monoisotopic (exact) mass is 303 g/mol. The number of halogens is 2. The standard InChI is InChI=1S/C15H23F2NO3/c1-2-5-14(13(20)21)8-9-18(10-14)12(19)11-3-6-15(16,17)7-4-11/h11H,2-10H2,1H3,(H,20,21). The molecule has 1 saturated heterocycles. The molecule has 21 heavy (non-hydrogen) atoms. The molecule has 1 aliphatic carbocycles. The van der Waals surface area contributed by atoms with E-state index < -0.39 is 17.3 Å². The zero-order valence-electron chi connectivity index (χ0n) is 12.4. The van der Waals surface area contributed by atoms with Crippen LogP contribution in [0.5, 0.6) is 0 Å². The van der Waals surface area contributed by atoms with Crippen molar-refractivity contribution in [2.75, 3.05) is 13.1 Å². The minimum Gasteiger partial charge on any atom is -0.481 e. The molecule has 1 saturated carbocycles. The van der Waals surface area contributed by atoms with Crippen LogP contribution in [0.1, 0.15) is 51.9 Å². The summed E-state index contributed by atoms with van der Waals surface area (Å²) in [4.78, 5) is 25.5. The number of carbonyl (C=O) groups excluding carboxylic acids is 1. The first kappa shape index (κ1) is 16.2. The van der Waals surface area contributed by atoms with Crippen molar-refractivity contribution in [1.29, 1.82) is 0 Å². The smallest absolute Gasteiger partial charge is 0.311 e. The van der Waals surface area contributed by atoms with Gasteiger partial charge in [0.05, 0.1) is 5.41 Å². The number of nitrogens with zero attached hydrogens (tertiary/aromatic N) is 1. The summed E-state index contributed by atoms with van der Waals surface area (Å²) in [5.41, 5.74) is -0.844. The second kappa shape index (κ2) is 5.89. The SMILES string of the molecule is CCCC1(C(=O)O)CCN(C(=O)C2CCC(F)(F)CC2)C1. The van der Waals surface area contributed by atoms with E-state index in [0.29, 0.717) is 19.4 Å². The summed E-state index contributed by atoms with van der Waals surface area (Å²) < 4.78 is 26.3. The minimum absolute atomic E-state index is 0.135. The van der Waals surface area contributed by atoms with Crippen LogP contribution >= 0.6 is 0 Å². The van der Waals surface area contributed by atoms with Crippen LogP contribution in [0.15, 0.2) is 0 Å². The molecule has 0 aromatic heterocycles. The first-order valence-electron chi connectivity index (χ1n) is 7.70. The lowest BCUT2D eigenvalue weighted by atomic mass is 9.82. The van der Waals surface area contributed by atoms with Gasteiger partial charge in [-0.2, -0.15) is 0 Å². The third kappa shape index (κ3) is 3.35. The van der Waals surface area contributed by atoms with Crippen LogP contribution in [0.2, 0.25) is 0 Å². The molecule has 1 N–H and O–H groups in total. The van der Waals surface area contributed by atoms with Crippen molar-refractivity contribution in [2.45, 2.75) is 57.8 Å². The molecule has 1 aliphatic heterocycles. The van der Waals surface area contributed by atoms with Gasteiger partial charge in [-0.3, -0.25) is 9.59 Å². The van der Waals surface area contributed by atoms with Crippen molar-refractivity contribution in [3.8, 4) is 0 Å². The molecule has 0 bridgehead atoms. The average molecular weight is 303 g/mol. The van der Waals surface area contributed by atoms with Gasteiger partial charge in [0.2, 0.25) is 11.8 Å². The molecular formula is C15H23F2NO3. The zero-order valence-corrected chi connectivity index (χ0v) is 12.4. The van der Waals surface area contributed by atoms with Gasteiger partial charge in [-0.15, -0.1) is 0 Å². The highest BCUT2D eigenvalue weighted by molar-refractivity contribution is 5.82. The molecule has 2 rings (SSSR count). The van der Waals surface area contributed by atoms with E-state index in [0.717, 1.165) is 6.42 Å². The summed E-state index contributed by atoms with van der Waals surface area (Å²) in [6, 6.07) is 0. The predicted octanol–water partition coefficient (Wildman–Crippen LogP) is 2.92. The summed E-state index contributed by atoms with van der Waals surface area (Å²) >= 11 is 0. The Morgan fingerprint density at radius 1 is 1.24 bits per heavy atom. The molecule has 1 unspecified atom stereocenters. The zero-order chi connectivity index (χ0) is 15.7. The maximum Gasteiger partial charge on any atom is 0.311 e. The highest BCUT2D eigenvalue weighted by Gasteiger charge is 2.47. The molecule has 6 heteroatoms. The van der Waals surface area contributed by atoms with Gasteiger partial charge in [0.25, 0.3) is 0 Å². The van der Waals surface area contributed by atoms with Gasteiger partial charge in [0.1, 0.15) is 0 Å². The van der Waals surface area contributed by atoms with E-state index >= 15 is 0 Å². The van der Waals surface area contributed by atoms with Gasteiger partial charge in [-0.25, -0.2) is 8.78 Å². The molecule has 120 valence electrons. The Morgan fingerprint density at radius 3 is 2.38 bits per heavy atom. The fraction of sp³-hybridized carbons (Fsp3) is 0.867. The Labute approximate surface area is 123 Å². The Kier molecular flexibility index (Phi) is 4.54. The molecule has 0 aromatic rings. The van der Waals surface area contributed by atoms with E-state index in [2.05, 4.69) is 0 Å². The molecule has 0 radical (unpaired) electrons. The van der Waals surface area contributed by atoms with Crippen molar-refractivity contribution >= 4 is 11.9 Å². The van der Waals surface area contributed by atoms with Crippen molar-refractivity contribution in [3.05, 3.63) is 0 Å². The molecule has 1 amide bonds. The first-order chi connectivity index (χ1) is 9.80. The molecule has 2 aliphatic rings. The number of carboxylic acid groups (broad SMARTS) is 1. The lowest BCUT2D eigenvalue weighted by Gasteiger charge is -2.31. The molecular weight excluding hydrogens is 280 g/mol. The average Bonchev–Trinajstić information content (AvgIpc) is 2.84. The number of carboxylic acids is 1. The van der Waals surface area contributed by atoms with Gasteiger partial charge in [0.15, 0.2) is 0 Å². The lowest BCUT2D eigenvalue weighted by molar-refractivity contribution is -0.149. The van der Waals surface area contributed by atoms with Gasteiger partial charge in [0, 0.05) is 31.8 Å². The molecule has 1 heterocycles. The Balaban J connectivity index is 1.97. The van der Waals surface area contributed by atoms with E-state index in [9.17, 15) is 23.5 Å². The molecule has 1 atom stereocenters. The highest BCUT2D eigenvalue weighted by Crippen LogP contribution is 2.40. The van der Waals surface area contributed by atoms with Gasteiger partial charge < -0.3 is 10.0 Å². The molecule has 4 nitrogen and oxygen atoms in total. The number of hydrogen-bond acceptors (Lipinski definition) is 2. The summed E-state index contributed by atoms with van der Waals surface area (Å²) in [5, 5.41) is 9.44. The fourth-order valence-electron chi connectivity index (χ4n) is 3.57. The predicted molar refractivity (Wildman–Crippen MR) is 73.1 cm³/mol. The van der Waals surface area contributed by atoms with Crippen molar-refractivity contribution in [3.63, 3.8) is 0 Å². The van der Waals surface area contributed by atoms with E-state index in [4.69, 9.17) is 0 Å². The van der Waals surface area contributed by atoms with Crippen LogP contribution in [0, 0.1) is 11.3 Å². The summed E-state index contributed by atoms with van der Waals surface area (Å²) in [5.74, 6) is -4.00. The van der Waals surface area contributed by atoms with E-state index in [1.165, 1.54) is 0 Å². The molecule has 0 aromatic carbocycles. The quantitative estimate of drug-likeness (QED) is 0.868. The summed E-state index contributed by atoms with van der Waals surface area (Å²) in [7, 11) is 0. The Hall–Kier alpha value is -1.20. The first-order valence-corrected chi connectivity index (χ1v) is 7.70. The lowest BCUT2D eigenvalue weighted by Crippen LogP contribution is -2.41. The number of alkyl halides is 2. The van der Waals surface area contributed by atoms with E-state index in [1.54, 1.807) is 4.90 Å². The van der Waals surface area contributed by atoms with E-state index in [1.807, 2.05) is 6.92 Å². The maximum absolute atomic E-state index is 13.1. The van der Waals surface area contributed by atoms with Gasteiger partial charge in [-0.1, -0.05) is 13.3 Å². The van der Waals surface area contributed by atoms with Crippen molar-refractivity contribution in [1.82, 2.24) is 4.90 Å². The topological polar surface area (TPSA) is 57.6 Å². The number of amides is 1. The van der Waals surface area contributed by atoms with Crippen LogP contribution in [0.3, 0.4) is 0 Å². The van der Waals surface area contributed by atoms with Crippen molar-refractivity contribution < 1.29 is 23.5 Å². The number of carbonyl (C=O) groups is 2. The summed E-state index contributed by atoms with van der Waals surface area (Å²) in [6.45, 7) is 2.58. The van der Waals surface area contributed by atoms with Crippen molar-refractivity contribution in [2.24, 2.45) is 11.3 Å². The second-order valence-electron chi connectivity index (χ2n) is 6.48. The second-order valence-corrected chi connectivity index (χ2v) is 6.48.